The van der Waals surface area contributed by atoms with Crippen molar-refractivity contribution in [3.63, 3.8) is 0 Å². The van der Waals surface area contributed by atoms with Crippen LogP contribution in [0.2, 0.25) is 0 Å². The first-order valence-corrected chi connectivity index (χ1v) is 18.6. The maximum Gasteiger partial charge on any atom is 0.0543 e. The average Bonchev–Trinajstić information content (AvgIpc) is 3.48. The summed E-state index contributed by atoms with van der Waals surface area (Å²) in [6.45, 7) is 10.4. The quantitative estimate of drug-likeness (QED) is 0.307. The molecule has 0 spiro atoms. The fraction of sp³-hybridized carbons (Fsp3) is 0.947. The zero-order valence-electron chi connectivity index (χ0n) is 27.3. The molecule has 14 atom stereocenters. The van der Waals surface area contributed by atoms with Crippen molar-refractivity contribution in [2.75, 3.05) is 0 Å². The summed E-state index contributed by atoms with van der Waals surface area (Å²) in [4.78, 5) is 0. The highest BCUT2D eigenvalue weighted by molar-refractivity contribution is 5.95. The first kappa shape index (κ1) is 28.7. The minimum Gasteiger partial charge on any atom is -0.393 e. The van der Waals surface area contributed by atoms with Gasteiger partial charge in [-0.15, -0.1) is 0 Å². The molecule has 0 bridgehead atoms. The van der Waals surface area contributed by atoms with Crippen LogP contribution >= 0.6 is 0 Å². The lowest BCUT2D eigenvalue weighted by Gasteiger charge is -2.60. The smallest absolute Gasteiger partial charge is 0.0543 e. The predicted molar refractivity (Wildman–Crippen MR) is 170 cm³/mol. The maximum absolute atomic E-state index is 10.4. The summed E-state index contributed by atoms with van der Waals surface area (Å²) in [6.07, 6.45) is 22.2. The normalized spacial score (nSPS) is 58.9. The van der Waals surface area contributed by atoms with Gasteiger partial charge in [0.1, 0.15) is 0 Å². The summed E-state index contributed by atoms with van der Waals surface area (Å²) in [6, 6.07) is 0. The largest absolute Gasteiger partial charge is 0.393 e. The van der Waals surface area contributed by atoms with E-state index in [0.717, 1.165) is 85.9 Å². The van der Waals surface area contributed by atoms with Crippen LogP contribution in [0.5, 0.6) is 0 Å². The minimum absolute atomic E-state index is 0.0516. The van der Waals surface area contributed by atoms with Gasteiger partial charge >= 0.3 is 0 Å². The molecule has 42 heavy (non-hydrogen) atoms. The molecule has 0 aromatic heterocycles. The van der Waals surface area contributed by atoms with Gasteiger partial charge in [-0.2, -0.15) is 10.2 Å². The Bertz CT molecular complexity index is 1060. The molecular weight excluding hydrogens is 516 g/mol. The molecule has 0 heterocycles. The molecule has 0 amide bonds. The van der Waals surface area contributed by atoms with Crippen molar-refractivity contribution in [3.05, 3.63) is 0 Å². The van der Waals surface area contributed by atoms with Gasteiger partial charge in [-0.3, -0.25) is 0 Å². The molecular formula is C38H60N2O2. The second-order valence-electron chi connectivity index (χ2n) is 18.3. The summed E-state index contributed by atoms with van der Waals surface area (Å²) in [5.41, 5.74) is 4.28. The fourth-order valence-electron chi connectivity index (χ4n) is 14.5. The molecule has 2 N–H and O–H groups in total. The Morgan fingerprint density at radius 1 is 0.500 bits per heavy atom. The molecule has 0 radical (unpaired) electrons. The second-order valence-corrected chi connectivity index (χ2v) is 18.3. The minimum atomic E-state index is -0.0516. The summed E-state index contributed by atoms with van der Waals surface area (Å²) in [7, 11) is 0. The molecule has 8 aliphatic rings. The van der Waals surface area contributed by atoms with Gasteiger partial charge in [-0.1, -0.05) is 27.7 Å². The van der Waals surface area contributed by atoms with Crippen LogP contribution in [-0.4, -0.2) is 33.8 Å². The third-order valence-electron chi connectivity index (χ3n) is 17.0. The Morgan fingerprint density at radius 3 is 1.36 bits per heavy atom. The Morgan fingerprint density at radius 2 is 0.929 bits per heavy atom. The Kier molecular flexibility index (Phi) is 6.75. The topological polar surface area (TPSA) is 65.2 Å². The molecule has 4 heteroatoms. The molecule has 234 valence electrons. The van der Waals surface area contributed by atoms with Gasteiger partial charge in [0.05, 0.1) is 12.2 Å². The summed E-state index contributed by atoms with van der Waals surface area (Å²) in [5.74, 6) is 6.44. The molecule has 4 nitrogen and oxygen atoms in total. The SMILES string of the molecule is C[C@]12CC[C@H](O)C[C@H]1CC[C@@H]1[C@H]2CC[C@]2(C)/C(=N\N=C3/CC[C@H]4[C@H]5CC[C@@H]6C[C@H](O)CC[C@]6(C)[C@@H]5CC[C@]34C)CC[C@H]12. The molecule has 0 saturated heterocycles. The van der Waals surface area contributed by atoms with Crippen LogP contribution in [0.1, 0.15) is 143 Å². The van der Waals surface area contributed by atoms with E-state index < -0.39 is 0 Å². The van der Waals surface area contributed by atoms with Crippen LogP contribution in [0.4, 0.5) is 0 Å². The summed E-state index contributed by atoms with van der Waals surface area (Å²) in [5, 5.41) is 31.4. The molecule has 8 rings (SSSR count). The van der Waals surface area contributed by atoms with Crippen LogP contribution in [0, 0.1) is 69.0 Å². The number of aliphatic hydroxyl groups is 2. The van der Waals surface area contributed by atoms with Gasteiger partial charge in [0.2, 0.25) is 0 Å². The molecule has 8 fully saturated rings. The maximum atomic E-state index is 10.4. The monoisotopic (exact) mass is 576 g/mol. The van der Waals surface area contributed by atoms with Crippen molar-refractivity contribution in [2.24, 2.45) is 79.2 Å². The van der Waals surface area contributed by atoms with E-state index in [9.17, 15) is 10.2 Å². The first-order chi connectivity index (χ1) is 20.1. The molecule has 8 saturated carbocycles. The lowest BCUT2D eigenvalue weighted by molar-refractivity contribution is -0.114. The van der Waals surface area contributed by atoms with Crippen LogP contribution < -0.4 is 0 Å². The fourth-order valence-corrected chi connectivity index (χ4v) is 14.5. The van der Waals surface area contributed by atoms with Crippen LogP contribution in [0.3, 0.4) is 0 Å². The standard InChI is InChI=1S/C38H60N2O2/c1-35-17-13-25(41)21-23(35)5-7-27-29-9-11-33(37(29,3)19-15-31(27)35)39-40-34-12-10-30-28-8-6-24-22-26(42)14-18-36(24,2)32(28)16-20-38(30,34)4/h23-32,41-42H,5-22H2,1-4H3/b39-33-,40-34+/t23-,24-,25+,26-,27+,28-,29-,30+,31-,32-,35+,36+,37+,38+/m1/s1. The van der Waals surface area contributed by atoms with E-state index in [4.69, 9.17) is 10.2 Å². The summed E-state index contributed by atoms with van der Waals surface area (Å²) >= 11 is 0. The number of rotatable bonds is 1. The van der Waals surface area contributed by atoms with Crippen LogP contribution in [0.25, 0.3) is 0 Å². The first-order valence-electron chi connectivity index (χ1n) is 18.6. The molecule has 0 unspecified atom stereocenters. The van der Waals surface area contributed by atoms with E-state index in [1.165, 1.54) is 88.5 Å². The van der Waals surface area contributed by atoms with E-state index in [1.807, 2.05) is 0 Å². The van der Waals surface area contributed by atoms with E-state index in [2.05, 4.69) is 27.7 Å². The van der Waals surface area contributed by atoms with Crippen molar-refractivity contribution in [3.8, 4) is 0 Å². The number of nitrogens with zero attached hydrogens (tertiary/aromatic N) is 2. The lowest BCUT2D eigenvalue weighted by atomic mass is 9.45. The number of aliphatic hydroxyl groups excluding tert-OH is 2. The lowest BCUT2D eigenvalue weighted by Crippen LogP contribution is -2.54. The van der Waals surface area contributed by atoms with E-state index in [0.29, 0.717) is 10.8 Å². The van der Waals surface area contributed by atoms with Gasteiger partial charge in [-0.25, -0.2) is 0 Å². The Balaban J connectivity index is 1.00. The predicted octanol–water partition coefficient (Wildman–Crippen LogP) is 8.59. The average molecular weight is 577 g/mol. The molecule has 0 aromatic rings. The highest BCUT2D eigenvalue weighted by Crippen LogP contribution is 2.67. The molecule has 8 aliphatic carbocycles. The third kappa shape index (κ3) is 3.97. The van der Waals surface area contributed by atoms with Crippen molar-refractivity contribution in [1.29, 1.82) is 0 Å². The zero-order chi connectivity index (χ0) is 29.1. The molecule has 0 aromatic carbocycles. The van der Waals surface area contributed by atoms with Gasteiger partial charge in [0, 0.05) is 22.3 Å². The highest BCUT2D eigenvalue weighted by Gasteiger charge is 2.61. The van der Waals surface area contributed by atoms with Crippen LogP contribution in [0.15, 0.2) is 10.2 Å². The van der Waals surface area contributed by atoms with Crippen molar-refractivity contribution >= 4 is 11.4 Å². The van der Waals surface area contributed by atoms with Gasteiger partial charge in [0.25, 0.3) is 0 Å². The van der Waals surface area contributed by atoms with Gasteiger partial charge < -0.3 is 10.2 Å². The van der Waals surface area contributed by atoms with Crippen molar-refractivity contribution in [1.82, 2.24) is 0 Å². The van der Waals surface area contributed by atoms with Gasteiger partial charge in [-0.05, 0) is 174 Å². The number of fused-ring (bicyclic) bond motifs is 10. The Hall–Kier alpha value is -0.740. The number of hydrogen-bond acceptors (Lipinski definition) is 4. The van der Waals surface area contributed by atoms with Crippen molar-refractivity contribution < 1.29 is 10.2 Å². The van der Waals surface area contributed by atoms with E-state index in [-0.39, 0.29) is 23.0 Å². The van der Waals surface area contributed by atoms with E-state index >= 15 is 0 Å². The van der Waals surface area contributed by atoms with Crippen molar-refractivity contribution in [2.45, 2.75) is 155 Å². The molecule has 0 aliphatic heterocycles. The Labute approximate surface area is 256 Å². The zero-order valence-corrected chi connectivity index (χ0v) is 27.3. The van der Waals surface area contributed by atoms with Gasteiger partial charge in [0.15, 0.2) is 0 Å². The third-order valence-corrected chi connectivity index (χ3v) is 17.0. The summed E-state index contributed by atoms with van der Waals surface area (Å²) < 4.78 is 0. The number of hydrogen-bond donors (Lipinski definition) is 2. The highest BCUT2D eigenvalue weighted by atomic mass is 16.3. The van der Waals surface area contributed by atoms with E-state index in [1.54, 1.807) is 0 Å². The second kappa shape index (κ2) is 9.88. The van der Waals surface area contributed by atoms with Crippen LogP contribution in [-0.2, 0) is 0 Å².